The molecular weight excluding hydrogens is 338 g/mol. The highest BCUT2D eigenvalue weighted by atomic mass is 79.9. The van der Waals surface area contributed by atoms with Gasteiger partial charge in [0.2, 0.25) is 0 Å². The summed E-state index contributed by atoms with van der Waals surface area (Å²) in [7, 11) is 0. The maximum Gasteiger partial charge on any atom is 0.160 e. The van der Waals surface area contributed by atoms with E-state index in [-0.39, 0.29) is 0 Å². The number of aromatic nitrogens is 3. The number of alkyl halides is 1. The molecule has 0 N–H and O–H groups in total. The lowest BCUT2D eigenvalue weighted by Crippen LogP contribution is -2.24. The lowest BCUT2D eigenvalue weighted by Gasteiger charge is -2.33. The van der Waals surface area contributed by atoms with Crippen LogP contribution in [0.25, 0.3) is 11.2 Å². The van der Waals surface area contributed by atoms with Crippen LogP contribution in [-0.2, 0) is 5.88 Å². The monoisotopic (exact) mass is 355 g/mol. The summed E-state index contributed by atoms with van der Waals surface area (Å²) in [5.74, 6) is 2.12. The van der Waals surface area contributed by atoms with Crippen molar-refractivity contribution in [3.05, 3.63) is 22.6 Å². The van der Waals surface area contributed by atoms with Gasteiger partial charge >= 0.3 is 0 Å². The van der Waals surface area contributed by atoms with Gasteiger partial charge in [0.25, 0.3) is 0 Å². The maximum atomic E-state index is 6.13. The van der Waals surface area contributed by atoms with Crippen LogP contribution < -0.4 is 0 Å². The van der Waals surface area contributed by atoms with Gasteiger partial charge in [0.15, 0.2) is 5.65 Å². The van der Waals surface area contributed by atoms with Gasteiger partial charge in [-0.1, -0.05) is 26.2 Å². The zero-order valence-corrected chi connectivity index (χ0v) is 14.0. The van der Waals surface area contributed by atoms with Crippen molar-refractivity contribution in [2.75, 3.05) is 0 Å². The van der Waals surface area contributed by atoms with Crippen LogP contribution in [0.1, 0.15) is 50.9 Å². The Morgan fingerprint density at radius 1 is 1.40 bits per heavy atom. The molecule has 1 aliphatic carbocycles. The quantitative estimate of drug-likeness (QED) is 0.718. The topological polar surface area (TPSA) is 30.7 Å². The SMILES string of the molecule is CCC1CCCCC1n1c(CCl)nc2cc(Br)cnc21. The van der Waals surface area contributed by atoms with Gasteiger partial charge in [-0.15, -0.1) is 11.6 Å². The predicted molar refractivity (Wildman–Crippen MR) is 86.1 cm³/mol. The predicted octanol–water partition coefficient (Wildman–Crippen LogP) is 5.07. The molecule has 3 nitrogen and oxygen atoms in total. The summed E-state index contributed by atoms with van der Waals surface area (Å²) in [6, 6.07) is 2.53. The fourth-order valence-electron chi connectivity index (χ4n) is 3.45. The first-order valence-corrected chi connectivity index (χ1v) is 8.65. The second kappa shape index (κ2) is 6.02. The highest BCUT2D eigenvalue weighted by Gasteiger charge is 2.28. The molecule has 0 spiro atoms. The van der Waals surface area contributed by atoms with Crippen molar-refractivity contribution in [3.63, 3.8) is 0 Å². The van der Waals surface area contributed by atoms with Gasteiger partial charge in [-0.3, -0.25) is 0 Å². The van der Waals surface area contributed by atoms with Crippen LogP contribution in [-0.4, -0.2) is 14.5 Å². The minimum atomic E-state index is 0.445. The Bertz CT molecular complexity index is 610. The number of rotatable bonds is 3. The van der Waals surface area contributed by atoms with Crippen molar-refractivity contribution in [2.24, 2.45) is 5.92 Å². The van der Waals surface area contributed by atoms with Crippen LogP contribution in [0.15, 0.2) is 16.7 Å². The van der Waals surface area contributed by atoms with E-state index in [4.69, 9.17) is 11.6 Å². The first-order valence-electron chi connectivity index (χ1n) is 7.33. The van der Waals surface area contributed by atoms with Gasteiger partial charge in [-0.25, -0.2) is 9.97 Å². The van der Waals surface area contributed by atoms with E-state index >= 15 is 0 Å². The van der Waals surface area contributed by atoms with Crippen LogP contribution >= 0.6 is 27.5 Å². The van der Waals surface area contributed by atoms with E-state index in [1.807, 2.05) is 12.3 Å². The van der Waals surface area contributed by atoms with Crippen molar-refractivity contribution in [2.45, 2.75) is 50.9 Å². The van der Waals surface area contributed by atoms with Gasteiger partial charge in [0.05, 0.1) is 5.88 Å². The second-order valence-electron chi connectivity index (χ2n) is 5.55. The van der Waals surface area contributed by atoms with Crippen LogP contribution in [0, 0.1) is 5.92 Å². The van der Waals surface area contributed by atoms with E-state index in [2.05, 4.69) is 37.4 Å². The van der Waals surface area contributed by atoms with E-state index in [0.29, 0.717) is 17.8 Å². The van der Waals surface area contributed by atoms with Crippen LogP contribution in [0.3, 0.4) is 0 Å². The molecule has 2 unspecified atom stereocenters. The van der Waals surface area contributed by atoms with Crippen LogP contribution in [0.4, 0.5) is 0 Å². The molecule has 1 fully saturated rings. The van der Waals surface area contributed by atoms with Crippen molar-refractivity contribution < 1.29 is 0 Å². The van der Waals surface area contributed by atoms with Crippen LogP contribution in [0.5, 0.6) is 0 Å². The molecule has 1 aliphatic rings. The Hall–Kier alpha value is -0.610. The van der Waals surface area contributed by atoms with Crippen molar-refractivity contribution in [1.29, 1.82) is 0 Å². The molecule has 2 atom stereocenters. The minimum Gasteiger partial charge on any atom is -0.308 e. The Labute approximate surface area is 132 Å². The Balaban J connectivity index is 2.13. The third-order valence-corrected chi connectivity index (χ3v) is 5.09. The molecule has 2 aromatic heterocycles. The summed E-state index contributed by atoms with van der Waals surface area (Å²) < 4.78 is 3.27. The molecule has 0 bridgehead atoms. The average Bonchev–Trinajstić information content (AvgIpc) is 2.84. The number of halogens is 2. The summed E-state index contributed by atoms with van der Waals surface area (Å²) in [5.41, 5.74) is 1.92. The fraction of sp³-hybridized carbons (Fsp3) is 0.600. The molecule has 2 heterocycles. The average molecular weight is 357 g/mol. The lowest BCUT2D eigenvalue weighted by molar-refractivity contribution is 0.233. The first kappa shape index (κ1) is 14.3. The first-order chi connectivity index (χ1) is 9.74. The molecule has 108 valence electrons. The molecule has 5 heteroatoms. The van der Waals surface area contributed by atoms with Gasteiger partial charge in [0.1, 0.15) is 11.3 Å². The van der Waals surface area contributed by atoms with E-state index in [9.17, 15) is 0 Å². The summed E-state index contributed by atoms with van der Waals surface area (Å²) >= 11 is 9.60. The maximum absolute atomic E-state index is 6.13. The second-order valence-corrected chi connectivity index (χ2v) is 6.73. The zero-order valence-electron chi connectivity index (χ0n) is 11.6. The lowest BCUT2D eigenvalue weighted by atomic mass is 9.82. The smallest absolute Gasteiger partial charge is 0.160 e. The minimum absolute atomic E-state index is 0.445. The van der Waals surface area contributed by atoms with Crippen LogP contribution in [0.2, 0.25) is 0 Å². The number of pyridine rings is 1. The summed E-state index contributed by atoms with van der Waals surface area (Å²) in [5, 5.41) is 0. The molecule has 20 heavy (non-hydrogen) atoms. The summed E-state index contributed by atoms with van der Waals surface area (Å²) in [6.45, 7) is 2.28. The zero-order chi connectivity index (χ0) is 14.1. The summed E-state index contributed by atoms with van der Waals surface area (Å²) in [6.07, 6.45) is 8.21. The molecule has 0 saturated heterocycles. The van der Waals surface area contributed by atoms with Gasteiger partial charge in [0, 0.05) is 16.7 Å². The van der Waals surface area contributed by atoms with E-state index in [0.717, 1.165) is 21.5 Å². The number of hydrogen-bond donors (Lipinski definition) is 0. The largest absolute Gasteiger partial charge is 0.308 e. The Morgan fingerprint density at radius 3 is 2.95 bits per heavy atom. The molecule has 0 radical (unpaired) electrons. The highest BCUT2D eigenvalue weighted by molar-refractivity contribution is 9.10. The molecule has 0 aromatic carbocycles. The fourth-order valence-corrected chi connectivity index (χ4v) is 3.96. The Morgan fingerprint density at radius 2 is 2.20 bits per heavy atom. The van der Waals surface area contributed by atoms with Gasteiger partial charge in [-0.2, -0.15) is 0 Å². The number of imidazole rings is 1. The standard InChI is InChI=1S/C15H19BrClN3/c1-2-10-5-3-4-6-13(10)20-14(8-17)19-12-7-11(16)9-18-15(12)20/h7,9-10,13H,2-6,8H2,1H3. The third-order valence-electron chi connectivity index (χ3n) is 4.41. The molecular formula is C15H19BrClN3. The van der Waals surface area contributed by atoms with E-state index < -0.39 is 0 Å². The Kier molecular flexibility index (Phi) is 4.32. The van der Waals surface area contributed by atoms with Gasteiger partial charge in [-0.05, 0) is 40.8 Å². The molecule has 1 saturated carbocycles. The van der Waals surface area contributed by atoms with Crippen molar-refractivity contribution >= 4 is 38.7 Å². The molecule has 3 rings (SSSR count). The number of fused-ring (bicyclic) bond motifs is 1. The van der Waals surface area contributed by atoms with E-state index in [1.54, 1.807) is 0 Å². The number of nitrogens with zero attached hydrogens (tertiary/aromatic N) is 3. The van der Waals surface area contributed by atoms with Crippen molar-refractivity contribution in [3.8, 4) is 0 Å². The highest BCUT2D eigenvalue weighted by Crippen LogP contribution is 2.38. The summed E-state index contributed by atoms with van der Waals surface area (Å²) in [4.78, 5) is 9.26. The van der Waals surface area contributed by atoms with Gasteiger partial charge < -0.3 is 4.57 Å². The third kappa shape index (κ3) is 2.48. The van der Waals surface area contributed by atoms with E-state index in [1.165, 1.54) is 32.1 Å². The number of hydrogen-bond acceptors (Lipinski definition) is 2. The normalized spacial score (nSPS) is 23.4. The molecule has 0 amide bonds. The molecule has 0 aliphatic heterocycles. The molecule has 2 aromatic rings. The van der Waals surface area contributed by atoms with Crippen molar-refractivity contribution in [1.82, 2.24) is 14.5 Å².